The Balaban J connectivity index is 2.90. The Kier molecular flexibility index (Phi) is 5.12. The van der Waals surface area contributed by atoms with Gasteiger partial charge in [-0.05, 0) is 13.8 Å². The smallest absolute Gasteiger partial charge is 0.370 e. The number of nitrogens with zero attached hydrogens (tertiary/aromatic N) is 2. The number of pyridine rings is 1. The summed E-state index contributed by atoms with van der Waals surface area (Å²) in [6, 6.07) is 1.40. The third-order valence-electron chi connectivity index (χ3n) is 2.31. The molecule has 1 aromatic heterocycles. The van der Waals surface area contributed by atoms with Crippen molar-refractivity contribution >= 4 is 17.3 Å². The van der Waals surface area contributed by atoms with Crippen molar-refractivity contribution in [2.24, 2.45) is 0 Å². The molecule has 0 aliphatic carbocycles. The molecule has 0 aliphatic heterocycles. The molecular weight excluding hydrogens is 277 g/mol. The second kappa shape index (κ2) is 6.40. The van der Waals surface area contributed by atoms with Crippen molar-refractivity contribution in [1.29, 1.82) is 0 Å². The second-order valence-corrected chi connectivity index (χ2v) is 4.25. The molecule has 0 saturated heterocycles. The first kappa shape index (κ1) is 16.0. The quantitative estimate of drug-likeness (QED) is 0.621. The molecule has 112 valence electrons. The number of alkyl halides is 3. The molecular formula is C11H15F3N4O2. The normalized spacial score (nSPS) is 12.8. The molecule has 6 nitrogen and oxygen atoms in total. The van der Waals surface area contributed by atoms with Crippen molar-refractivity contribution in [2.45, 2.75) is 32.5 Å². The van der Waals surface area contributed by atoms with E-state index in [4.69, 9.17) is 0 Å². The highest BCUT2D eigenvalue weighted by Crippen LogP contribution is 2.25. The third kappa shape index (κ3) is 5.29. The first-order valence-electron chi connectivity index (χ1n) is 5.95. The Labute approximate surface area is 113 Å². The van der Waals surface area contributed by atoms with Gasteiger partial charge in [-0.3, -0.25) is 10.1 Å². The zero-order chi connectivity index (χ0) is 15.3. The summed E-state index contributed by atoms with van der Waals surface area (Å²) in [6.45, 7) is 3.60. The van der Waals surface area contributed by atoms with Gasteiger partial charge in [0.25, 0.3) is 5.69 Å². The van der Waals surface area contributed by atoms with E-state index >= 15 is 0 Å². The molecule has 1 aromatic rings. The maximum Gasteiger partial charge on any atom is 0.391 e. The van der Waals surface area contributed by atoms with E-state index in [-0.39, 0.29) is 17.3 Å². The van der Waals surface area contributed by atoms with Crippen LogP contribution in [0.15, 0.2) is 12.1 Å². The number of aromatic nitrogens is 1. The summed E-state index contributed by atoms with van der Waals surface area (Å²) < 4.78 is 36.7. The maximum absolute atomic E-state index is 12.2. The second-order valence-electron chi connectivity index (χ2n) is 4.25. The molecule has 0 spiro atoms. The van der Waals surface area contributed by atoms with Crippen LogP contribution in [0.5, 0.6) is 0 Å². The average Bonchev–Trinajstić information content (AvgIpc) is 2.26. The van der Waals surface area contributed by atoms with Crippen LogP contribution in [-0.2, 0) is 0 Å². The number of halogens is 3. The van der Waals surface area contributed by atoms with Crippen LogP contribution < -0.4 is 10.6 Å². The van der Waals surface area contributed by atoms with E-state index in [1.54, 1.807) is 6.92 Å². The molecule has 0 saturated carbocycles. The lowest BCUT2D eigenvalue weighted by molar-refractivity contribution is -0.384. The van der Waals surface area contributed by atoms with Gasteiger partial charge in [0.2, 0.25) is 0 Å². The molecule has 0 aliphatic rings. The lowest BCUT2D eigenvalue weighted by Gasteiger charge is -2.16. The van der Waals surface area contributed by atoms with Crippen molar-refractivity contribution in [3.05, 3.63) is 22.2 Å². The summed E-state index contributed by atoms with van der Waals surface area (Å²) in [6.07, 6.45) is -5.36. The maximum atomic E-state index is 12.2. The highest BCUT2D eigenvalue weighted by atomic mass is 19.4. The summed E-state index contributed by atoms with van der Waals surface area (Å²) in [5.74, 6) is 0.273. The van der Waals surface area contributed by atoms with E-state index < -0.39 is 23.6 Å². The molecule has 0 bridgehead atoms. The largest absolute Gasteiger partial charge is 0.391 e. The summed E-state index contributed by atoms with van der Waals surface area (Å²) in [7, 11) is 0. The van der Waals surface area contributed by atoms with Gasteiger partial charge in [-0.2, -0.15) is 13.2 Å². The predicted octanol–water partition coefficient (Wildman–Crippen LogP) is 3.17. The Hall–Kier alpha value is -2.06. The number of rotatable bonds is 6. The van der Waals surface area contributed by atoms with E-state index in [2.05, 4.69) is 15.6 Å². The molecule has 0 radical (unpaired) electrons. The Bertz CT molecular complexity index is 479. The molecule has 1 heterocycles. The summed E-state index contributed by atoms with van der Waals surface area (Å²) in [4.78, 5) is 14.1. The van der Waals surface area contributed by atoms with Gasteiger partial charge in [0.05, 0.1) is 23.5 Å². The van der Waals surface area contributed by atoms with Gasteiger partial charge in [0.15, 0.2) is 0 Å². The minimum absolute atomic E-state index is 0.0342. The van der Waals surface area contributed by atoms with Crippen LogP contribution in [0.2, 0.25) is 0 Å². The van der Waals surface area contributed by atoms with E-state index in [1.807, 2.05) is 0 Å². The fourth-order valence-corrected chi connectivity index (χ4v) is 1.62. The predicted molar refractivity (Wildman–Crippen MR) is 68.8 cm³/mol. The van der Waals surface area contributed by atoms with E-state index in [1.165, 1.54) is 13.0 Å². The highest BCUT2D eigenvalue weighted by molar-refractivity contribution is 5.54. The Morgan fingerprint density at radius 3 is 2.50 bits per heavy atom. The zero-order valence-corrected chi connectivity index (χ0v) is 11.0. The number of nitro groups is 1. The monoisotopic (exact) mass is 292 g/mol. The van der Waals surface area contributed by atoms with Crippen molar-refractivity contribution in [1.82, 2.24) is 4.98 Å². The van der Waals surface area contributed by atoms with Crippen molar-refractivity contribution in [2.75, 3.05) is 17.2 Å². The topological polar surface area (TPSA) is 80.1 Å². The lowest BCUT2D eigenvalue weighted by Crippen LogP contribution is -2.24. The van der Waals surface area contributed by atoms with Crippen LogP contribution in [0, 0.1) is 10.1 Å². The van der Waals surface area contributed by atoms with Crippen LogP contribution in [0.1, 0.15) is 20.3 Å². The van der Waals surface area contributed by atoms with Crippen LogP contribution in [0.25, 0.3) is 0 Å². The van der Waals surface area contributed by atoms with Crippen molar-refractivity contribution in [3.8, 4) is 0 Å². The summed E-state index contributed by atoms with van der Waals surface area (Å²) in [5.41, 5.74) is -0.238. The van der Waals surface area contributed by atoms with Gasteiger partial charge in [0.1, 0.15) is 11.6 Å². The molecule has 20 heavy (non-hydrogen) atoms. The fourth-order valence-electron chi connectivity index (χ4n) is 1.62. The fraction of sp³-hybridized carbons (Fsp3) is 0.545. The van der Waals surface area contributed by atoms with Gasteiger partial charge < -0.3 is 10.6 Å². The van der Waals surface area contributed by atoms with Gasteiger partial charge in [0, 0.05) is 12.6 Å². The van der Waals surface area contributed by atoms with Gasteiger partial charge in [-0.1, -0.05) is 0 Å². The zero-order valence-electron chi connectivity index (χ0n) is 11.0. The Morgan fingerprint density at radius 2 is 2.00 bits per heavy atom. The van der Waals surface area contributed by atoms with Gasteiger partial charge in [-0.15, -0.1) is 0 Å². The van der Waals surface area contributed by atoms with E-state index in [0.29, 0.717) is 6.54 Å². The van der Waals surface area contributed by atoms with E-state index in [9.17, 15) is 23.3 Å². The van der Waals surface area contributed by atoms with Crippen molar-refractivity contribution in [3.63, 3.8) is 0 Å². The highest BCUT2D eigenvalue weighted by Gasteiger charge is 2.30. The van der Waals surface area contributed by atoms with Crippen LogP contribution in [0.4, 0.5) is 30.5 Å². The molecule has 2 N–H and O–H groups in total. The molecule has 0 fully saturated rings. The molecule has 1 unspecified atom stereocenters. The van der Waals surface area contributed by atoms with Crippen LogP contribution in [0.3, 0.4) is 0 Å². The van der Waals surface area contributed by atoms with Gasteiger partial charge in [-0.25, -0.2) is 4.98 Å². The van der Waals surface area contributed by atoms with E-state index in [0.717, 1.165) is 6.07 Å². The van der Waals surface area contributed by atoms with Gasteiger partial charge >= 0.3 is 6.18 Å². The number of nitrogens with one attached hydrogen (secondary N) is 2. The first-order chi connectivity index (χ1) is 9.21. The molecule has 0 amide bonds. The minimum atomic E-state index is -4.31. The van der Waals surface area contributed by atoms with Crippen LogP contribution >= 0.6 is 0 Å². The molecule has 0 aromatic carbocycles. The summed E-state index contributed by atoms with van der Waals surface area (Å²) >= 11 is 0. The SMILES string of the molecule is CCNc1cc([N+](=O)[O-])cc(NC(C)CC(F)(F)F)n1. The molecule has 1 rings (SSSR count). The van der Waals surface area contributed by atoms with Crippen molar-refractivity contribution < 1.29 is 18.1 Å². The molecule has 1 atom stereocenters. The minimum Gasteiger partial charge on any atom is -0.370 e. The van der Waals surface area contributed by atoms with Crippen LogP contribution in [-0.4, -0.2) is 28.7 Å². The number of hydrogen-bond acceptors (Lipinski definition) is 5. The Morgan fingerprint density at radius 1 is 1.40 bits per heavy atom. The standard InChI is InChI=1S/C11H15F3N4O2/c1-3-15-9-4-8(18(19)20)5-10(17-9)16-7(2)6-11(12,13)14/h4-5,7H,3,6H2,1-2H3,(H2,15,16,17). The average molecular weight is 292 g/mol. The number of hydrogen-bond donors (Lipinski definition) is 2. The third-order valence-corrected chi connectivity index (χ3v) is 2.31. The molecule has 9 heteroatoms. The first-order valence-corrected chi connectivity index (χ1v) is 5.95. The lowest BCUT2D eigenvalue weighted by atomic mass is 10.2. The summed E-state index contributed by atoms with van der Waals surface area (Å²) in [5, 5.41) is 16.1. The number of anilines is 2.